The van der Waals surface area contributed by atoms with E-state index in [-0.39, 0.29) is 5.84 Å². The summed E-state index contributed by atoms with van der Waals surface area (Å²) in [5, 5.41) is 14.9. The molecule has 1 aliphatic rings. The van der Waals surface area contributed by atoms with Crippen molar-refractivity contribution in [2.75, 3.05) is 13.1 Å². The molecule has 1 fully saturated rings. The summed E-state index contributed by atoms with van der Waals surface area (Å²) in [7, 11) is 0. The Morgan fingerprint density at radius 1 is 0.630 bits per heavy atom. The second-order valence-corrected chi connectivity index (χ2v) is 12.4. The standard InChI is InChI=1S/C39H47N5O2/c1-28(40)35-12-16-37(17-13-35)45-26-33-6-2-4-31(20-33)24-43-22-29-8-10-30(11-9-29)23-44-25-32-5-3-7-34(21-32)27-46-38-18-14-36(15-19-38)39(41)42/h2-7,12-21,29-30,43-44H,1,8-11,22-27,40H2,(H3,41,42). The number of hydrogen-bond donors (Lipinski definition) is 5. The Labute approximate surface area is 273 Å². The molecule has 0 spiro atoms. The minimum atomic E-state index is 0.0624. The van der Waals surface area contributed by atoms with E-state index in [1.54, 1.807) is 0 Å². The van der Waals surface area contributed by atoms with Crippen molar-refractivity contribution in [1.82, 2.24) is 10.6 Å². The third-order valence-electron chi connectivity index (χ3n) is 8.67. The Morgan fingerprint density at radius 3 is 1.46 bits per heavy atom. The van der Waals surface area contributed by atoms with Crippen LogP contribution in [-0.2, 0) is 26.3 Å². The largest absolute Gasteiger partial charge is 0.489 e. The fourth-order valence-electron chi connectivity index (χ4n) is 5.97. The van der Waals surface area contributed by atoms with Crippen LogP contribution < -0.4 is 31.6 Å². The van der Waals surface area contributed by atoms with Gasteiger partial charge >= 0.3 is 0 Å². The monoisotopic (exact) mass is 617 g/mol. The summed E-state index contributed by atoms with van der Waals surface area (Å²) in [4.78, 5) is 0. The van der Waals surface area contributed by atoms with E-state index < -0.39 is 0 Å². The van der Waals surface area contributed by atoms with Gasteiger partial charge in [-0.15, -0.1) is 0 Å². The zero-order valence-electron chi connectivity index (χ0n) is 26.6. The SMILES string of the molecule is C=C(N)c1ccc(OCc2cccc(CNCC3CCC(CNCc4cccc(COc5ccc(C(=N)N)cc5)c4)CC3)c2)cc1. The van der Waals surface area contributed by atoms with Crippen molar-refractivity contribution in [3.8, 4) is 11.5 Å². The number of amidine groups is 1. The van der Waals surface area contributed by atoms with Crippen molar-refractivity contribution in [2.45, 2.75) is 52.0 Å². The molecule has 0 bridgehead atoms. The van der Waals surface area contributed by atoms with Gasteiger partial charge in [0.1, 0.15) is 30.5 Å². The van der Waals surface area contributed by atoms with E-state index in [4.69, 9.17) is 26.4 Å². The van der Waals surface area contributed by atoms with Crippen LogP contribution >= 0.6 is 0 Å². The molecule has 46 heavy (non-hydrogen) atoms. The first-order valence-electron chi connectivity index (χ1n) is 16.2. The lowest BCUT2D eigenvalue weighted by Crippen LogP contribution is -2.30. The van der Waals surface area contributed by atoms with Gasteiger partial charge in [-0.2, -0.15) is 0 Å². The van der Waals surface area contributed by atoms with Crippen LogP contribution in [-0.4, -0.2) is 18.9 Å². The van der Waals surface area contributed by atoms with E-state index >= 15 is 0 Å². The minimum Gasteiger partial charge on any atom is -0.489 e. The molecule has 1 aliphatic carbocycles. The fraction of sp³-hybridized carbons (Fsp3) is 0.308. The maximum Gasteiger partial charge on any atom is 0.122 e. The highest BCUT2D eigenvalue weighted by atomic mass is 16.5. The Morgan fingerprint density at radius 2 is 1.04 bits per heavy atom. The van der Waals surface area contributed by atoms with E-state index in [0.29, 0.717) is 24.5 Å². The summed E-state index contributed by atoms with van der Waals surface area (Å²) in [6, 6.07) is 32.2. The van der Waals surface area contributed by atoms with Gasteiger partial charge in [0, 0.05) is 24.4 Å². The first-order chi connectivity index (χ1) is 22.4. The van der Waals surface area contributed by atoms with Crippen molar-refractivity contribution >= 4 is 11.5 Å². The zero-order chi connectivity index (χ0) is 32.1. The van der Waals surface area contributed by atoms with Crippen LogP contribution in [0.15, 0.2) is 104 Å². The molecule has 7 nitrogen and oxygen atoms in total. The molecule has 240 valence electrons. The smallest absolute Gasteiger partial charge is 0.122 e. The third kappa shape index (κ3) is 10.2. The Hall–Kier alpha value is -4.59. The number of ether oxygens (including phenoxy) is 2. The molecular weight excluding hydrogens is 570 g/mol. The van der Waals surface area contributed by atoms with Crippen LogP contribution in [0.1, 0.15) is 59.1 Å². The molecular formula is C39H47N5O2. The van der Waals surface area contributed by atoms with E-state index in [2.05, 4.69) is 65.7 Å². The first kappa shape index (κ1) is 32.8. The van der Waals surface area contributed by atoms with Gasteiger partial charge in [0.05, 0.1) is 0 Å². The highest BCUT2D eigenvalue weighted by Crippen LogP contribution is 2.28. The van der Waals surface area contributed by atoms with E-state index in [9.17, 15) is 0 Å². The first-order valence-corrected chi connectivity index (χ1v) is 16.2. The summed E-state index contributed by atoms with van der Waals surface area (Å²) >= 11 is 0. The van der Waals surface area contributed by atoms with Crippen LogP contribution in [0.5, 0.6) is 11.5 Å². The van der Waals surface area contributed by atoms with Crippen LogP contribution in [0.2, 0.25) is 0 Å². The van der Waals surface area contributed by atoms with Crippen molar-refractivity contribution in [2.24, 2.45) is 23.3 Å². The van der Waals surface area contributed by atoms with Crippen molar-refractivity contribution in [1.29, 1.82) is 5.41 Å². The van der Waals surface area contributed by atoms with Gasteiger partial charge < -0.3 is 31.6 Å². The van der Waals surface area contributed by atoms with E-state index in [0.717, 1.165) is 66.2 Å². The van der Waals surface area contributed by atoms with Crippen LogP contribution in [0.25, 0.3) is 5.70 Å². The molecule has 4 aromatic rings. The maximum atomic E-state index is 7.51. The Bertz CT molecular complexity index is 1440. The fourth-order valence-corrected chi connectivity index (χ4v) is 5.97. The average Bonchev–Trinajstić information content (AvgIpc) is 3.08. The van der Waals surface area contributed by atoms with E-state index in [1.165, 1.54) is 36.8 Å². The highest BCUT2D eigenvalue weighted by molar-refractivity contribution is 5.94. The lowest BCUT2D eigenvalue weighted by atomic mass is 9.82. The second-order valence-electron chi connectivity index (χ2n) is 12.4. The van der Waals surface area contributed by atoms with Gasteiger partial charge in [-0.1, -0.05) is 55.1 Å². The van der Waals surface area contributed by atoms with Crippen molar-refractivity contribution < 1.29 is 9.47 Å². The lowest BCUT2D eigenvalue weighted by Gasteiger charge is -2.29. The van der Waals surface area contributed by atoms with Gasteiger partial charge in [0.15, 0.2) is 0 Å². The number of benzene rings is 4. The summed E-state index contributed by atoms with van der Waals surface area (Å²) in [5.41, 5.74) is 18.3. The molecule has 0 atom stereocenters. The number of hydrogen-bond acceptors (Lipinski definition) is 6. The Balaban J connectivity index is 0.953. The molecule has 5 rings (SSSR count). The Kier molecular flexibility index (Phi) is 11.9. The molecule has 0 radical (unpaired) electrons. The minimum absolute atomic E-state index is 0.0624. The number of nitrogen functional groups attached to an aromatic ring is 1. The summed E-state index contributed by atoms with van der Waals surface area (Å²) in [6.45, 7) is 8.68. The van der Waals surface area contributed by atoms with Gasteiger partial charge in [-0.3, -0.25) is 5.41 Å². The third-order valence-corrected chi connectivity index (χ3v) is 8.67. The maximum absolute atomic E-state index is 7.51. The molecule has 7 N–H and O–H groups in total. The lowest BCUT2D eigenvalue weighted by molar-refractivity contribution is 0.260. The van der Waals surface area contributed by atoms with Crippen molar-refractivity contribution in [3.63, 3.8) is 0 Å². The zero-order valence-corrected chi connectivity index (χ0v) is 26.6. The number of nitrogens with one attached hydrogen (secondary N) is 3. The molecule has 0 heterocycles. The molecule has 7 heteroatoms. The van der Waals surface area contributed by atoms with Crippen LogP contribution in [0, 0.1) is 17.2 Å². The summed E-state index contributed by atoms with van der Waals surface area (Å²) in [6.07, 6.45) is 5.12. The molecule has 0 aliphatic heterocycles. The summed E-state index contributed by atoms with van der Waals surface area (Å²) in [5.74, 6) is 3.14. The van der Waals surface area contributed by atoms with Gasteiger partial charge in [0.2, 0.25) is 0 Å². The van der Waals surface area contributed by atoms with Gasteiger partial charge in [-0.25, -0.2) is 0 Å². The second kappa shape index (κ2) is 16.6. The molecule has 1 saturated carbocycles. The van der Waals surface area contributed by atoms with Crippen molar-refractivity contribution in [3.05, 3.63) is 137 Å². The molecule has 0 saturated heterocycles. The highest BCUT2D eigenvalue weighted by Gasteiger charge is 2.20. The molecule has 0 aromatic heterocycles. The molecule has 4 aromatic carbocycles. The van der Waals surface area contributed by atoms with Gasteiger partial charge in [-0.05, 0) is 127 Å². The predicted molar refractivity (Wildman–Crippen MR) is 188 cm³/mol. The predicted octanol–water partition coefficient (Wildman–Crippen LogP) is 6.74. The number of rotatable bonds is 16. The average molecular weight is 618 g/mol. The summed E-state index contributed by atoms with van der Waals surface area (Å²) < 4.78 is 11.9. The normalized spacial score (nSPS) is 16.1. The molecule has 0 amide bonds. The van der Waals surface area contributed by atoms with E-state index in [1.807, 2.05) is 48.5 Å². The quantitative estimate of drug-likeness (QED) is 0.0702. The van der Waals surface area contributed by atoms with Crippen LogP contribution in [0.4, 0.5) is 0 Å². The topological polar surface area (TPSA) is 118 Å². The number of nitrogens with two attached hydrogens (primary N) is 2. The molecule has 0 unspecified atom stereocenters. The van der Waals surface area contributed by atoms with Gasteiger partial charge in [0.25, 0.3) is 0 Å². The van der Waals surface area contributed by atoms with Crippen LogP contribution in [0.3, 0.4) is 0 Å².